The summed E-state index contributed by atoms with van der Waals surface area (Å²) in [6, 6.07) is 14.3. The number of tetrazole rings is 1. The number of carbonyl (C=O) groups excluding carboxylic acids is 2. The molecule has 0 aliphatic heterocycles. The summed E-state index contributed by atoms with van der Waals surface area (Å²) in [5.41, 5.74) is 0.381. The summed E-state index contributed by atoms with van der Waals surface area (Å²) >= 11 is 1.44. The van der Waals surface area contributed by atoms with E-state index in [4.69, 9.17) is 0 Å². The Hall–Kier alpha value is -4.12. The average molecular weight is 535 g/mol. The van der Waals surface area contributed by atoms with E-state index in [-0.39, 0.29) is 24.0 Å². The number of amides is 2. The van der Waals surface area contributed by atoms with Crippen molar-refractivity contribution >= 4 is 28.8 Å². The normalized spacial score (nSPS) is 14.7. The summed E-state index contributed by atoms with van der Waals surface area (Å²) in [7, 11) is 0. The van der Waals surface area contributed by atoms with Crippen LogP contribution >= 0.6 is 11.3 Å². The number of aromatic nitrogens is 4. The second kappa shape index (κ2) is 11.5. The van der Waals surface area contributed by atoms with Gasteiger partial charge in [-0.1, -0.05) is 49.6 Å². The predicted molar refractivity (Wildman–Crippen MR) is 141 cm³/mol. The number of aromatic hydroxyl groups is 1. The number of benzene rings is 2. The molecule has 0 spiro atoms. The third-order valence-electron chi connectivity index (χ3n) is 6.52. The number of phenols is 1. The van der Waals surface area contributed by atoms with Gasteiger partial charge in [0.1, 0.15) is 24.2 Å². The number of rotatable bonds is 8. The van der Waals surface area contributed by atoms with Crippen LogP contribution in [0.25, 0.3) is 10.7 Å². The summed E-state index contributed by atoms with van der Waals surface area (Å²) in [5.74, 6) is -1.29. The minimum atomic E-state index is -1.19. The molecule has 9 nitrogen and oxygen atoms in total. The van der Waals surface area contributed by atoms with E-state index in [0.717, 1.165) is 46.7 Å². The molecule has 1 atom stereocenters. The van der Waals surface area contributed by atoms with Crippen LogP contribution in [0.15, 0.2) is 66.0 Å². The lowest BCUT2D eigenvalue weighted by Gasteiger charge is -2.33. The Balaban J connectivity index is 1.52. The first-order valence-corrected chi connectivity index (χ1v) is 13.3. The third kappa shape index (κ3) is 5.72. The van der Waals surface area contributed by atoms with E-state index in [1.54, 1.807) is 18.2 Å². The first-order chi connectivity index (χ1) is 18.5. The maximum atomic E-state index is 15.2. The number of phenolic OH excluding ortho intramolecular Hbond substituents is 1. The lowest BCUT2D eigenvalue weighted by molar-refractivity contribution is -0.127. The lowest BCUT2D eigenvalue weighted by atomic mass is 9.94. The Morgan fingerprint density at radius 1 is 1.08 bits per heavy atom. The molecule has 2 aromatic carbocycles. The summed E-state index contributed by atoms with van der Waals surface area (Å²) in [6.07, 6.45) is 4.82. The molecule has 2 heterocycles. The molecule has 1 fully saturated rings. The van der Waals surface area contributed by atoms with Crippen LogP contribution in [0.3, 0.4) is 0 Å². The highest BCUT2D eigenvalue weighted by Crippen LogP contribution is 2.32. The fourth-order valence-electron chi connectivity index (χ4n) is 4.68. The van der Waals surface area contributed by atoms with Gasteiger partial charge in [-0.2, -0.15) is 4.80 Å². The van der Waals surface area contributed by atoms with Gasteiger partial charge in [0.05, 0.1) is 10.6 Å². The second-order valence-corrected chi connectivity index (χ2v) is 10.1. The minimum absolute atomic E-state index is 0.0110. The fourth-order valence-corrected chi connectivity index (χ4v) is 5.33. The molecule has 0 saturated heterocycles. The van der Waals surface area contributed by atoms with E-state index >= 15 is 4.39 Å². The van der Waals surface area contributed by atoms with Gasteiger partial charge in [0, 0.05) is 6.04 Å². The Morgan fingerprint density at radius 3 is 2.55 bits per heavy atom. The van der Waals surface area contributed by atoms with Crippen LogP contribution in [0.4, 0.5) is 10.1 Å². The van der Waals surface area contributed by atoms with Crippen LogP contribution in [0.2, 0.25) is 0 Å². The molecule has 5 rings (SSSR count). The summed E-state index contributed by atoms with van der Waals surface area (Å²) in [6.45, 7) is -0.363. The van der Waals surface area contributed by atoms with E-state index in [1.807, 2.05) is 17.5 Å². The molecule has 2 aromatic heterocycles. The minimum Gasteiger partial charge on any atom is -0.508 e. The van der Waals surface area contributed by atoms with Crippen LogP contribution in [0.5, 0.6) is 5.75 Å². The maximum Gasteiger partial charge on any atom is 0.251 e. The van der Waals surface area contributed by atoms with Crippen LogP contribution in [0, 0.1) is 5.82 Å². The van der Waals surface area contributed by atoms with E-state index in [0.29, 0.717) is 11.4 Å². The van der Waals surface area contributed by atoms with Gasteiger partial charge < -0.3 is 10.4 Å². The number of anilines is 1. The lowest BCUT2D eigenvalue weighted by Crippen LogP contribution is -2.48. The van der Waals surface area contributed by atoms with Gasteiger partial charge in [-0.15, -0.1) is 21.5 Å². The maximum absolute atomic E-state index is 15.2. The topological polar surface area (TPSA) is 113 Å². The second-order valence-electron chi connectivity index (χ2n) is 9.17. The molecule has 38 heavy (non-hydrogen) atoms. The number of thiophene rings is 1. The number of para-hydroxylation sites is 1. The number of nitrogens with one attached hydrogen (secondary N) is 1. The zero-order chi connectivity index (χ0) is 26.5. The van der Waals surface area contributed by atoms with Gasteiger partial charge in [0.2, 0.25) is 11.7 Å². The van der Waals surface area contributed by atoms with Crippen molar-refractivity contribution in [3.8, 4) is 16.5 Å². The van der Waals surface area contributed by atoms with Gasteiger partial charge in [-0.3, -0.25) is 14.5 Å². The number of hydrogen-bond acceptors (Lipinski definition) is 7. The van der Waals surface area contributed by atoms with Crippen LogP contribution in [0.1, 0.15) is 43.7 Å². The molecule has 0 bridgehead atoms. The quantitative estimate of drug-likeness (QED) is 0.345. The standard InChI is InChI=1S/C27H27FN6O3S/c28-21-9-4-5-10-22(21)34(24(36)17-33-31-26(30-32-33)23-11-6-16-38-23)25(18-12-14-20(35)15-13-18)27(37)29-19-7-2-1-3-8-19/h4-6,9-16,19,25,35H,1-3,7-8,17H2,(H,29,37). The number of hydrogen-bond donors (Lipinski definition) is 2. The van der Waals surface area contributed by atoms with Gasteiger partial charge in [0.25, 0.3) is 5.91 Å². The fraction of sp³-hybridized carbons (Fsp3) is 0.296. The van der Waals surface area contributed by atoms with Crippen LogP contribution in [-0.4, -0.2) is 43.2 Å². The highest BCUT2D eigenvalue weighted by atomic mass is 32.1. The van der Waals surface area contributed by atoms with E-state index < -0.39 is 23.7 Å². The van der Waals surface area contributed by atoms with Crippen molar-refractivity contribution in [3.63, 3.8) is 0 Å². The Labute approximate surface area is 222 Å². The van der Waals surface area contributed by atoms with Crippen molar-refractivity contribution in [2.75, 3.05) is 4.90 Å². The SMILES string of the molecule is O=C(NC1CCCCC1)C(c1ccc(O)cc1)N(C(=O)Cn1nnc(-c2cccs2)n1)c1ccccc1F. The molecule has 1 aliphatic carbocycles. The van der Waals surface area contributed by atoms with Crippen molar-refractivity contribution in [1.82, 2.24) is 25.5 Å². The van der Waals surface area contributed by atoms with Crippen molar-refractivity contribution in [2.24, 2.45) is 0 Å². The van der Waals surface area contributed by atoms with E-state index in [1.165, 1.54) is 41.7 Å². The Kier molecular flexibility index (Phi) is 7.73. The highest BCUT2D eigenvalue weighted by Gasteiger charge is 2.35. The molecular weight excluding hydrogens is 507 g/mol. The molecule has 1 unspecified atom stereocenters. The molecule has 196 valence electrons. The van der Waals surface area contributed by atoms with Crippen LogP contribution < -0.4 is 10.2 Å². The smallest absolute Gasteiger partial charge is 0.251 e. The largest absolute Gasteiger partial charge is 0.508 e. The Bertz CT molecular complexity index is 1390. The molecule has 4 aromatic rings. The van der Waals surface area contributed by atoms with Crippen molar-refractivity contribution in [3.05, 3.63) is 77.4 Å². The average Bonchev–Trinajstić information content (AvgIpc) is 3.62. The van der Waals surface area contributed by atoms with Gasteiger partial charge in [-0.25, -0.2) is 4.39 Å². The van der Waals surface area contributed by atoms with Gasteiger partial charge >= 0.3 is 0 Å². The molecule has 1 saturated carbocycles. The summed E-state index contributed by atoms with van der Waals surface area (Å²) < 4.78 is 15.2. The van der Waals surface area contributed by atoms with Crippen molar-refractivity contribution in [2.45, 2.75) is 50.7 Å². The van der Waals surface area contributed by atoms with Crippen LogP contribution in [-0.2, 0) is 16.1 Å². The number of nitrogens with zero attached hydrogens (tertiary/aromatic N) is 5. The first kappa shape index (κ1) is 25.5. The monoisotopic (exact) mass is 534 g/mol. The molecule has 0 radical (unpaired) electrons. The molecular formula is C27H27FN6O3S. The van der Waals surface area contributed by atoms with E-state index in [9.17, 15) is 14.7 Å². The first-order valence-electron chi connectivity index (χ1n) is 12.5. The molecule has 2 amide bonds. The van der Waals surface area contributed by atoms with Gasteiger partial charge in [0.15, 0.2) is 0 Å². The van der Waals surface area contributed by atoms with Crippen molar-refractivity contribution in [1.29, 1.82) is 0 Å². The highest BCUT2D eigenvalue weighted by molar-refractivity contribution is 7.13. The van der Waals surface area contributed by atoms with Crippen molar-refractivity contribution < 1.29 is 19.1 Å². The van der Waals surface area contributed by atoms with Gasteiger partial charge in [-0.05, 0) is 59.3 Å². The van der Waals surface area contributed by atoms with E-state index in [2.05, 4.69) is 20.7 Å². The number of carbonyl (C=O) groups is 2. The summed E-state index contributed by atoms with van der Waals surface area (Å²) in [5, 5.41) is 27.1. The summed E-state index contributed by atoms with van der Waals surface area (Å²) in [4.78, 5) is 30.7. The predicted octanol–water partition coefficient (Wildman–Crippen LogP) is 4.47. The molecule has 1 aliphatic rings. The third-order valence-corrected chi connectivity index (χ3v) is 7.38. The molecule has 2 N–H and O–H groups in total. The molecule has 11 heteroatoms. The zero-order valence-corrected chi connectivity index (χ0v) is 21.4. The number of halogens is 1. The Morgan fingerprint density at radius 2 is 1.84 bits per heavy atom. The zero-order valence-electron chi connectivity index (χ0n) is 20.5.